The SMILES string of the molecule is c1ccc(-c2ccc(N(c3cccc(-c4cccc5oc6c7ccccc7ccc6c45)c3)c3cccc4c3ccc3ccccc34)cc2)cc1. The van der Waals surface area contributed by atoms with E-state index in [-0.39, 0.29) is 0 Å². The molecule has 0 fully saturated rings. The van der Waals surface area contributed by atoms with Gasteiger partial charge in [0.2, 0.25) is 0 Å². The standard InChI is InChI=1S/C48H31NO/c1-2-11-32(12-3-1)33-23-27-37(28-24-33)49(45-21-9-20-42-39-17-6-4-13-34(39)25-29-43(42)45)38-16-8-15-36(31-38)40-19-10-22-46-47(40)44-30-26-35-14-5-7-18-41(35)48(44)50-46/h1-31H. The normalized spacial score (nSPS) is 11.6. The van der Waals surface area contributed by atoms with Gasteiger partial charge in [-0.3, -0.25) is 0 Å². The summed E-state index contributed by atoms with van der Waals surface area (Å²) < 4.78 is 6.56. The van der Waals surface area contributed by atoms with Crippen LogP contribution in [0.5, 0.6) is 0 Å². The first-order valence-corrected chi connectivity index (χ1v) is 17.1. The van der Waals surface area contributed by atoms with Gasteiger partial charge in [-0.2, -0.15) is 0 Å². The lowest BCUT2D eigenvalue weighted by Gasteiger charge is -2.28. The van der Waals surface area contributed by atoms with E-state index in [1.54, 1.807) is 0 Å². The molecule has 0 aliphatic carbocycles. The van der Waals surface area contributed by atoms with Crippen LogP contribution in [-0.2, 0) is 0 Å². The number of hydrogen-bond donors (Lipinski definition) is 0. The van der Waals surface area contributed by atoms with Crippen molar-refractivity contribution in [1.29, 1.82) is 0 Å². The Kier molecular flexibility index (Phi) is 6.53. The number of fused-ring (bicyclic) bond motifs is 8. The number of anilines is 3. The predicted octanol–water partition coefficient (Wildman–Crippen LogP) is 13.8. The van der Waals surface area contributed by atoms with Gasteiger partial charge in [0, 0.05) is 32.9 Å². The Hall–Kier alpha value is -6.64. The molecule has 0 N–H and O–H groups in total. The smallest absolute Gasteiger partial charge is 0.143 e. The topological polar surface area (TPSA) is 16.4 Å². The third kappa shape index (κ3) is 4.57. The van der Waals surface area contributed by atoms with Crippen LogP contribution >= 0.6 is 0 Å². The summed E-state index contributed by atoms with van der Waals surface area (Å²) in [6.45, 7) is 0. The Labute approximate surface area is 290 Å². The summed E-state index contributed by atoms with van der Waals surface area (Å²) in [4.78, 5) is 2.40. The van der Waals surface area contributed by atoms with Crippen molar-refractivity contribution in [3.05, 3.63) is 188 Å². The van der Waals surface area contributed by atoms with E-state index in [4.69, 9.17) is 4.42 Å². The van der Waals surface area contributed by atoms with E-state index in [9.17, 15) is 0 Å². The van der Waals surface area contributed by atoms with Crippen LogP contribution in [0.25, 0.3) is 76.5 Å². The molecular formula is C48H31NO. The molecule has 0 unspecified atom stereocenters. The second-order valence-corrected chi connectivity index (χ2v) is 12.9. The lowest BCUT2D eigenvalue weighted by molar-refractivity contribution is 0.673. The highest BCUT2D eigenvalue weighted by molar-refractivity contribution is 6.19. The third-order valence-electron chi connectivity index (χ3n) is 10.0. The van der Waals surface area contributed by atoms with E-state index < -0.39 is 0 Å². The molecule has 10 aromatic rings. The molecule has 234 valence electrons. The molecule has 1 heterocycles. The zero-order chi connectivity index (χ0) is 33.0. The first kappa shape index (κ1) is 28.4. The van der Waals surface area contributed by atoms with E-state index in [1.807, 2.05) is 0 Å². The second kappa shape index (κ2) is 11.5. The van der Waals surface area contributed by atoms with Crippen LogP contribution in [-0.4, -0.2) is 0 Å². The minimum absolute atomic E-state index is 0.897. The van der Waals surface area contributed by atoms with Gasteiger partial charge in [0.25, 0.3) is 0 Å². The van der Waals surface area contributed by atoms with E-state index in [2.05, 4.69) is 193 Å². The maximum Gasteiger partial charge on any atom is 0.143 e. The molecular weight excluding hydrogens is 607 g/mol. The molecule has 0 atom stereocenters. The molecule has 0 amide bonds. The average molecular weight is 638 g/mol. The Bertz CT molecular complexity index is 2870. The van der Waals surface area contributed by atoms with Crippen molar-refractivity contribution in [2.75, 3.05) is 4.90 Å². The van der Waals surface area contributed by atoms with Crippen molar-refractivity contribution < 1.29 is 4.42 Å². The van der Waals surface area contributed by atoms with Gasteiger partial charge < -0.3 is 9.32 Å². The second-order valence-electron chi connectivity index (χ2n) is 12.9. The maximum absolute atomic E-state index is 6.56. The Morgan fingerprint density at radius 2 is 1.00 bits per heavy atom. The summed E-state index contributed by atoms with van der Waals surface area (Å²) in [5.74, 6) is 0. The average Bonchev–Trinajstić information content (AvgIpc) is 3.58. The molecule has 0 saturated carbocycles. The van der Waals surface area contributed by atoms with Crippen molar-refractivity contribution in [3.63, 3.8) is 0 Å². The molecule has 2 nitrogen and oxygen atoms in total. The number of benzene rings is 9. The Morgan fingerprint density at radius 1 is 0.360 bits per heavy atom. The molecule has 0 spiro atoms. The highest BCUT2D eigenvalue weighted by Gasteiger charge is 2.19. The molecule has 9 aromatic carbocycles. The number of rotatable bonds is 5. The van der Waals surface area contributed by atoms with Gasteiger partial charge in [0.15, 0.2) is 0 Å². The first-order chi connectivity index (χ1) is 24.8. The maximum atomic E-state index is 6.56. The molecule has 1 aromatic heterocycles. The van der Waals surface area contributed by atoms with Gasteiger partial charge in [0.05, 0.1) is 5.69 Å². The van der Waals surface area contributed by atoms with Crippen molar-refractivity contribution in [3.8, 4) is 22.3 Å². The van der Waals surface area contributed by atoms with Crippen LogP contribution in [0.15, 0.2) is 192 Å². The fourth-order valence-electron chi connectivity index (χ4n) is 7.69. The van der Waals surface area contributed by atoms with Crippen LogP contribution in [0, 0.1) is 0 Å². The number of nitrogens with zero attached hydrogens (tertiary/aromatic N) is 1. The molecule has 10 rings (SSSR count). The van der Waals surface area contributed by atoms with E-state index in [1.165, 1.54) is 38.1 Å². The zero-order valence-electron chi connectivity index (χ0n) is 27.3. The summed E-state index contributed by atoms with van der Waals surface area (Å²) in [7, 11) is 0. The minimum Gasteiger partial charge on any atom is -0.455 e. The molecule has 0 aliphatic heterocycles. The largest absolute Gasteiger partial charge is 0.455 e. The van der Waals surface area contributed by atoms with E-state index >= 15 is 0 Å². The summed E-state index contributed by atoms with van der Waals surface area (Å²) >= 11 is 0. The predicted molar refractivity (Wildman–Crippen MR) is 212 cm³/mol. The zero-order valence-corrected chi connectivity index (χ0v) is 27.3. The summed E-state index contributed by atoms with van der Waals surface area (Å²) in [6.07, 6.45) is 0. The Morgan fingerprint density at radius 3 is 1.84 bits per heavy atom. The van der Waals surface area contributed by atoms with E-state index in [0.29, 0.717) is 0 Å². The van der Waals surface area contributed by atoms with Crippen molar-refractivity contribution in [2.45, 2.75) is 0 Å². The van der Waals surface area contributed by atoms with Crippen molar-refractivity contribution in [1.82, 2.24) is 0 Å². The van der Waals surface area contributed by atoms with Crippen LogP contribution in [0.1, 0.15) is 0 Å². The monoisotopic (exact) mass is 637 g/mol. The van der Waals surface area contributed by atoms with Crippen molar-refractivity contribution in [2.24, 2.45) is 0 Å². The van der Waals surface area contributed by atoms with Gasteiger partial charge in [-0.15, -0.1) is 0 Å². The molecule has 0 radical (unpaired) electrons. The van der Waals surface area contributed by atoms with Crippen LogP contribution in [0.2, 0.25) is 0 Å². The van der Waals surface area contributed by atoms with Gasteiger partial charge in [-0.05, 0) is 86.3 Å². The number of hydrogen-bond acceptors (Lipinski definition) is 2. The lowest BCUT2D eigenvalue weighted by atomic mass is 9.97. The summed E-state index contributed by atoms with van der Waals surface area (Å²) in [5, 5.41) is 9.53. The molecule has 0 aliphatic rings. The molecule has 0 saturated heterocycles. The van der Waals surface area contributed by atoms with E-state index in [0.717, 1.165) is 55.5 Å². The first-order valence-electron chi connectivity index (χ1n) is 17.1. The van der Waals surface area contributed by atoms with Crippen LogP contribution in [0.4, 0.5) is 17.1 Å². The minimum atomic E-state index is 0.897. The summed E-state index contributed by atoms with van der Waals surface area (Å²) in [5.41, 5.74) is 9.85. The molecule has 2 heteroatoms. The summed E-state index contributed by atoms with van der Waals surface area (Å²) in [6, 6.07) is 67.5. The quantitative estimate of drug-likeness (QED) is 0.175. The highest BCUT2D eigenvalue weighted by Crippen LogP contribution is 2.44. The van der Waals surface area contributed by atoms with Gasteiger partial charge in [-0.1, -0.05) is 146 Å². The molecule has 0 bridgehead atoms. The fraction of sp³-hybridized carbons (Fsp3) is 0. The van der Waals surface area contributed by atoms with Crippen LogP contribution in [0.3, 0.4) is 0 Å². The molecule has 50 heavy (non-hydrogen) atoms. The van der Waals surface area contributed by atoms with Crippen molar-refractivity contribution >= 4 is 71.3 Å². The fourth-order valence-corrected chi connectivity index (χ4v) is 7.69. The van der Waals surface area contributed by atoms with Gasteiger partial charge in [0.1, 0.15) is 11.2 Å². The number of furan rings is 1. The third-order valence-corrected chi connectivity index (χ3v) is 10.0. The Balaban J connectivity index is 1.18. The van der Waals surface area contributed by atoms with Gasteiger partial charge in [-0.25, -0.2) is 0 Å². The lowest BCUT2D eigenvalue weighted by Crippen LogP contribution is -2.10. The van der Waals surface area contributed by atoms with Gasteiger partial charge >= 0.3 is 0 Å². The highest BCUT2D eigenvalue weighted by atomic mass is 16.3. The van der Waals surface area contributed by atoms with Crippen LogP contribution < -0.4 is 4.90 Å².